The Morgan fingerprint density at radius 1 is 0.844 bits per heavy atom. The minimum Gasteiger partial charge on any atom is -0.496 e. The first kappa shape index (κ1) is 32.8. The number of hydrogen-bond acceptors (Lipinski definition) is 9. The Bertz CT molecular complexity index is 1700. The number of rotatable bonds is 13. The van der Waals surface area contributed by atoms with E-state index in [0.29, 0.717) is 34.0 Å². The first-order chi connectivity index (χ1) is 21.7. The SMILES string of the molecule is C=Cc1cnc(C(=O)Nc2cccc(-c3cccc(NC(=O)c4cc(OC)c(CNC(CO)CO)cn4)c3C)c2C)cc1OC. The summed E-state index contributed by atoms with van der Waals surface area (Å²) in [6.45, 7) is 7.41. The molecule has 2 amide bonds. The second kappa shape index (κ2) is 15.1. The van der Waals surface area contributed by atoms with Crippen molar-refractivity contribution in [3.8, 4) is 22.6 Å². The van der Waals surface area contributed by atoms with Crippen LogP contribution in [0.1, 0.15) is 43.2 Å². The van der Waals surface area contributed by atoms with Gasteiger partial charge in [0.05, 0.1) is 33.5 Å². The number of nitrogens with one attached hydrogen (secondary N) is 3. The van der Waals surface area contributed by atoms with E-state index in [0.717, 1.165) is 22.3 Å². The molecule has 0 radical (unpaired) electrons. The molecule has 2 heterocycles. The molecule has 4 aromatic rings. The lowest BCUT2D eigenvalue weighted by Crippen LogP contribution is -2.35. The van der Waals surface area contributed by atoms with Crippen LogP contribution in [0.5, 0.6) is 11.5 Å². The number of anilines is 2. The van der Waals surface area contributed by atoms with Gasteiger partial charge >= 0.3 is 0 Å². The predicted octanol–water partition coefficient (Wildman–Crippen LogP) is 4.37. The second-order valence-corrected chi connectivity index (χ2v) is 10.2. The highest BCUT2D eigenvalue weighted by Crippen LogP contribution is 2.34. The summed E-state index contributed by atoms with van der Waals surface area (Å²) in [5.74, 6) is 0.150. The Morgan fingerprint density at radius 3 is 1.84 bits per heavy atom. The molecule has 0 spiro atoms. The number of carbonyl (C=O) groups excluding carboxylic acids is 2. The number of ether oxygens (including phenoxy) is 2. The van der Waals surface area contributed by atoms with Crippen LogP contribution in [0.15, 0.2) is 67.5 Å². The molecule has 234 valence electrons. The number of carbonyl (C=O) groups is 2. The van der Waals surface area contributed by atoms with Gasteiger partial charge in [-0.15, -0.1) is 0 Å². The van der Waals surface area contributed by atoms with Gasteiger partial charge in [-0.1, -0.05) is 36.9 Å². The molecule has 0 aliphatic rings. The number of benzene rings is 2. The zero-order chi connectivity index (χ0) is 32.5. The van der Waals surface area contributed by atoms with Crippen LogP contribution in [0.3, 0.4) is 0 Å². The smallest absolute Gasteiger partial charge is 0.274 e. The van der Waals surface area contributed by atoms with Gasteiger partial charge in [-0.05, 0) is 48.2 Å². The van der Waals surface area contributed by atoms with Crippen molar-refractivity contribution in [3.05, 3.63) is 101 Å². The molecule has 2 aromatic carbocycles. The molecule has 4 rings (SSSR count). The summed E-state index contributed by atoms with van der Waals surface area (Å²) >= 11 is 0. The summed E-state index contributed by atoms with van der Waals surface area (Å²) in [7, 11) is 3.02. The van der Waals surface area contributed by atoms with Crippen molar-refractivity contribution < 1.29 is 29.3 Å². The number of aromatic nitrogens is 2. The van der Waals surface area contributed by atoms with Crippen LogP contribution in [-0.2, 0) is 6.54 Å². The van der Waals surface area contributed by atoms with E-state index in [2.05, 4.69) is 32.5 Å². The van der Waals surface area contributed by atoms with Crippen molar-refractivity contribution in [2.45, 2.75) is 26.4 Å². The van der Waals surface area contributed by atoms with Gasteiger partial charge in [0.1, 0.15) is 22.9 Å². The minimum atomic E-state index is -0.482. The highest BCUT2D eigenvalue weighted by atomic mass is 16.5. The fourth-order valence-electron chi connectivity index (χ4n) is 4.75. The van der Waals surface area contributed by atoms with Gasteiger partial charge < -0.3 is 35.6 Å². The van der Waals surface area contributed by atoms with Gasteiger partial charge in [0.25, 0.3) is 11.8 Å². The van der Waals surface area contributed by atoms with E-state index in [1.165, 1.54) is 26.6 Å². The normalized spacial score (nSPS) is 10.8. The maximum atomic E-state index is 13.2. The van der Waals surface area contributed by atoms with Crippen molar-refractivity contribution in [2.24, 2.45) is 0 Å². The largest absolute Gasteiger partial charge is 0.496 e. The number of pyridine rings is 2. The van der Waals surface area contributed by atoms with Crippen LogP contribution in [0.2, 0.25) is 0 Å². The number of aliphatic hydroxyl groups is 2. The number of hydrogen-bond donors (Lipinski definition) is 5. The van der Waals surface area contributed by atoms with Crippen molar-refractivity contribution in [2.75, 3.05) is 38.1 Å². The lowest BCUT2D eigenvalue weighted by atomic mass is 9.94. The molecular formula is C34H37N5O6. The molecule has 2 aromatic heterocycles. The van der Waals surface area contributed by atoms with Crippen LogP contribution in [-0.4, -0.2) is 65.5 Å². The number of nitrogens with zero attached hydrogens (tertiary/aromatic N) is 2. The van der Waals surface area contributed by atoms with Gasteiger partial charge in [0.2, 0.25) is 0 Å². The maximum Gasteiger partial charge on any atom is 0.274 e. The van der Waals surface area contributed by atoms with Gasteiger partial charge in [-0.3, -0.25) is 19.6 Å². The molecule has 0 saturated carbocycles. The third-order valence-electron chi connectivity index (χ3n) is 7.44. The summed E-state index contributed by atoms with van der Waals surface area (Å²) in [6, 6.07) is 13.9. The zero-order valence-electron chi connectivity index (χ0n) is 25.7. The highest BCUT2D eigenvalue weighted by molar-refractivity contribution is 6.05. The summed E-state index contributed by atoms with van der Waals surface area (Å²) in [5.41, 5.74) is 6.38. The molecule has 0 bridgehead atoms. The van der Waals surface area contributed by atoms with Gasteiger partial charge in [0.15, 0.2) is 0 Å². The lowest BCUT2D eigenvalue weighted by molar-refractivity contribution is 0.101. The van der Waals surface area contributed by atoms with E-state index < -0.39 is 11.9 Å². The minimum absolute atomic E-state index is 0.161. The molecule has 0 fully saturated rings. The van der Waals surface area contributed by atoms with Crippen molar-refractivity contribution in [1.82, 2.24) is 15.3 Å². The van der Waals surface area contributed by atoms with Crippen molar-refractivity contribution >= 4 is 29.3 Å². The van der Waals surface area contributed by atoms with Crippen LogP contribution < -0.4 is 25.4 Å². The average Bonchev–Trinajstić information content (AvgIpc) is 3.06. The fourth-order valence-corrected chi connectivity index (χ4v) is 4.75. The van der Waals surface area contributed by atoms with E-state index >= 15 is 0 Å². The summed E-state index contributed by atoms with van der Waals surface area (Å²) in [5, 5.41) is 27.5. The molecule has 11 nitrogen and oxygen atoms in total. The fraction of sp³-hybridized carbons (Fsp3) is 0.235. The molecule has 0 saturated heterocycles. The van der Waals surface area contributed by atoms with E-state index in [-0.39, 0.29) is 37.1 Å². The Morgan fingerprint density at radius 2 is 1.36 bits per heavy atom. The monoisotopic (exact) mass is 611 g/mol. The Labute approximate surface area is 262 Å². The van der Waals surface area contributed by atoms with E-state index in [9.17, 15) is 19.8 Å². The van der Waals surface area contributed by atoms with E-state index in [1.807, 2.05) is 50.2 Å². The first-order valence-corrected chi connectivity index (χ1v) is 14.2. The van der Waals surface area contributed by atoms with Crippen LogP contribution in [0.4, 0.5) is 11.4 Å². The second-order valence-electron chi connectivity index (χ2n) is 10.2. The Hall–Kier alpha value is -5.10. The van der Waals surface area contributed by atoms with Crippen LogP contribution in [0, 0.1) is 13.8 Å². The van der Waals surface area contributed by atoms with Crippen molar-refractivity contribution in [3.63, 3.8) is 0 Å². The summed E-state index contributed by atoms with van der Waals surface area (Å²) < 4.78 is 10.8. The van der Waals surface area contributed by atoms with Gasteiger partial charge in [0, 0.05) is 53.6 Å². The third kappa shape index (κ3) is 7.52. The predicted molar refractivity (Wildman–Crippen MR) is 174 cm³/mol. The summed E-state index contributed by atoms with van der Waals surface area (Å²) in [4.78, 5) is 34.9. The van der Waals surface area contributed by atoms with E-state index in [1.54, 1.807) is 18.2 Å². The number of amides is 2. The Balaban J connectivity index is 1.54. The van der Waals surface area contributed by atoms with Gasteiger partial charge in [-0.2, -0.15) is 0 Å². The average molecular weight is 612 g/mol. The molecule has 0 aliphatic heterocycles. The molecule has 0 aliphatic carbocycles. The maximum absolute atomic E-state index is 13.2. The first-order valence-electron chi connectivity index (χ1n) is 14.2. The standard InChI is InChI=1S/C34H37N5O6/c1-6-22-15-36-29(13-31(22)44-4)33(42)38-27-11-7-9-25(20(27)2)26-10-8-12-28(21(26)3)39-34(43)30-14-32(45-5)23(17-37-30)16-35-24(18-40)19-41/h6-15,17,24,35,40-41H,1,16,18-19H2,2-5H3,(H,38,42)(H,39,43). The van der Waals surface area contributed by atoms with E-state index in [4.69, 9.17) is 9.47 Å². The lowest BCUT2D eigenvalue weighted by Gasteiger charge is -2.17. The topological polar surface area (TPSA) is 155 Å². The Kier molecular flexibility index (Phi) is 11.0. The quantitative estimate of drug-likeness (QED) is 0.148. The third-order valence-corrected chi connectivity index (χ3v) is 7.44. The number of aliphatic hydroxyl groups excluding tert-OH is 2. The van der Waals surface area contributed by atoms with Crippen molar-refractivity contribution in [1.29, 1.82) is 0 Å². The molecule has 11 heteroatoms. The number of methoxy groups -OCH3 is 2. The van der Waals surface area contributed by atoms with Crippen LogP contribution in [0.25, 0.3) is 17.2 Å². The molecule has 0 atom stereocenters. The van der Waals surface area contributed by atoms with Gasteiger partial charge in [-0.25, -0.2) is 0 Å². The molecule has 45 heavy (non-hydrogen) atoms. The molecular weight excluding hydrogens is 574 g/mol. The zero-order valence-corrected chi connectivity index (χ0v) is 25.7. The highest BCUT2D eigenvalue weighted by Gasteiger charge is 2.18. The van der Waals surface area contributed by atoms with Crippen LogP contribution >= 0.6 is 0 Å². The molecule has 0 unspecified atom stereocenters. The molecule has 5 N–H and O–H groups in total. The summed E-state index contributed by atoms with van der Waals surface area (Å²) in [6.07, 6.45) is 4.67.